The van der Waals surface area contributed by atoms with E-state index in [-0.39, 0.29) is 17.3 Å². The Morgan fingerprint density at radius 1 is 1.15 bits per heavy atom. The number of benzene rings is 2. The Morgan fingerprint density at radius 3 is 2.70 bits per heavy atom. The van der Waals surface area contributed by atoms with Crippen molar-refractivity contribution in [2.24, 2.45) is 0 Å². The Balaban J connectivity index is 2.01. The van der Waals surface area contributed by atoms with E-state index >= 15 is 0 Å². The van der Waals surface area contributed by atoms with Gasteiger partial charge in [-0.15, -0.1) is 0 Å². The first-order valence-electron chi connectivity index (χ1n) is 7.90. The molecule has 0 radical (unpaired) electrons. The van der Waals surface area contributed by atoms with Crippen LogP contribution in [0.3, 0.4) is 0 Å². The van der Waals surface area contributed by atoms with E-state index in [4.69, 9.17) is 20.9 Å². The third-order valence-electron chi connectivity index (χ3n) is 3.79. The number of rotatable bonds is 5. The molecule has 0 atom stereocenters. The van der Waals surface area contributed by atoms with Gasteiger partial charge in [0.15, 0.2) is 0 Å². The van der Waals surface area contributed by atoms with E-state index in [1.807, 2.05) is 36.4 Å². The van der Waals surface area contributed by atoms with Crippen LogP contribution in [0.15, 0.2) is 46.9 Å². The van der Waals surface area contributed by atoms with Gasteiger partial charge < -0.3 is 20.9 Å². The molecule has 7 nitrogen and oxygen atoms in total. The highest BCUT2D eigenvalue weighted by atomic mass is 79.9. The number of anilines is 2. The molecule has 0 saturated heterocycles. The van der Waals surface area contributed by atoms with E-state index in [1.54, 1.807) is 19.2 Å². The molecule has 3 rings (SSSR count). The minimum Gasteiger partial charge on any atom is -0.497 e. The summed E-state index contributed by atoms with van der Waals surface area (Å²) < 4.78 is 12.0. The SMILES string of the molecule is COc1cccc(COc2ccc(Br)cc2-c2nc(N)nc(N)c2C#N)c1. The normalized spacial score (nSPS) is 10.3. The maximum atomic E-state index is 9.46. The Morgan fingerprint density at radius 2 is 1.96 bits per heavy atom. The summed E-state index contributed by atoms with van der Waals surface area (Å²) in [6, 6.07) is 15.0. The number of nitrogen functional groups attached to an aromatic ring is 2. The van der Waals surface area contributed by atoms with Crippen LogP contribution in [0.25, 0.3) is 11.3 Å². The van der Waals surface area contributed by atoms with Crippen molar-refractivity contribution in [3.8, 4) is 28.8 Å². The van der Waals surface area contributed by atoms with Gasteiger partial charge in [-0.3, -0.25) is 0 Å². The van der Waals surface area contributed by atoms with Gasteiger partial charge in [0, 0.05) is 10.0 Å². The molecule has 0 spiro atoms. The van der Waals surface area contributed by atoms with E-state index in [2.05, 4.69) is 25.9 Å². The molecule has 0 fully saturated rings. The number of nitrogens with two attached hydrogens (primary N) is 2. The van der Waals surface area contributed by atoms with Crippen LogP contribution in [0, 0.1) is 11.3 Å². The number of methoxy groups -OCH3 is 1. The van der Waals surface area contributed by atoms with Gasteiger partial charge in [-0.05, 0) is 35.9 Å². The Labute approximate surface area is 164 Å². The third-order valence-corrected chi connectivity index (χ3v) is 4.28. The molecule has 2 aromatic carbocycles. The average Bonchev–Trinajstić information content (AvgIpc) is 2.66. The van der Waals surface area contributed by atoms with Gasteiger partial charge in [-0.25, -0.2) is 4.98 Å². The number of nitrogens with zero attached hydrogens (tertiary/aromatic N) is 3. The zero-order valence-electron chi connectivity index (χ0n) is 14.4. The minimum atomic E-state index is -0.0137. The zero-order valence-corrected chi connectivity index (χ0v) is 16.0. The van der Waals surface area contributed by atoms with Crippen molar-refractivity contribution in [1.82, 2.24) is 9.97 Å². The molecule has 27 heavy (non-hydrogen) atoms. The molecule has 0 aliphatic carbocycles. The molecule has 4 N–H and O–H groups in total. The fraction of sp³-hybridized carbons (Fsp3) is 0.105. The van der Waals surface area contributed by atoms with Crippen LogP contribution in [0.1, 0.15) is 11.1 Å². The van der Waals surface area contributed by atoms with Gasteiger partial charge >= 0.3 is 0 Å². The molecule has 1 heterocycles. The molecular formula is C19H16BrN5O2. The lowest BCUT2D eigenvalue weighted by Crippen LogP contribution is -2.06. The second-order valence-electron chi connectivity index (χ2n) is 5.58. The number of aromatic nitrogens is 2. The van der Waals surface area contributed by atoms with Gasteiger partial charge in [-0.1, -0.05) is 28.1 Å². The highest BCUT2D eigenvalue weighted by Gasteiger charge is 2.17. The lowest BCUT2D eigenvalue weighted by atomic mass is 10.1. The molecule has 0 bridgehead atoms. The van der Waals surface area contributed by atoms with Crippen molar-refractivity contribution in [3.05, 3.63) is 58.1 Å². The number of nitriles is 1. The molecule has 8 heteroatoms. The molecule has 0 unspecified atom stereocenters. The predicted octanol–water partition coefficient (Wildman–Crippen LogP) is 3.53. The molecule has 1 aromatic heterocycles. The number of halogens is 1. The molecule has 3 aromatic rings. The molecule has 136 valence electrons. The topological polar surface area (TPSA) is 120 Å². The largest absolute Gasteiger partial charge is 0.497 e. The summed E-state index contributed by atoms with van der Waals surface area (Å²) in [4.78, 5) is 8.05. The van der Waals surface area contributed by atoms with E-state index in [1.165, 1.54) is 0 Å². The van der Waals surface area contributed by atoms with Crippen LogP contribution in [0.2, 0.25) is 0 Å². The summed E-state index contributed by atoms with van der Waals surface area (Å²) in [6.45, 7) is 0.309. The number of hydrogen-bond acceptors (Lipinski definition) is 7. The number of ether oxygens (including phenoxy) is 2. The van der Waals surface area contributed by atoms with Crippen molar-refractivity contribution in [1.29, 1.82) is 5.26 Å². The molecule has 0 amide bonds. The second kappa shape index (κ2) is 7.93. The van der Waals surface area contributed by atoms with Crippen LogP contribution in [0.5, 0.6) is 11.5 Å². The average molecular weight is 426 g/mol. The van der Waals surface area contributed by atoms with Gasteiger partial charge in [0.1, 0.15) is 35.6 Å². The maximum Gasteiger partial charge on any atom is 0.222 e. The van der Waals surface area contributed by atoms with E-state index < -0.39 is 0 Å². The Bertz CT molecular complexity index is 1030. The third kappa shape index (κ3) is 4.10. The van der Waals surface area contributed by atoms with Crippen molar-refractivity contribution < 1.29 is 9.47 Å². The first-order valence-corrected chi connectivity index (χ1v) is 8.70. The summed E-state index contributed by atoms with van der Waals surface area (Å²) >= 11 is 3.43. The zero-order chi connectivity index (χ0) is 19.4. The van der Waals surface area contributed by atoms with Crippen LogP contribution in [0.4, 0.5) is 11.8 Å². The first-order chi connectivity index (χ1) is 13.0. The molecule has 0 aliphatic heterocycles. The smallest absolute Gasteiger partial charge is 0.222 e. The maximum absolute atomic E-state index is 9.46. The predicted molar refractivity (Wildman–Crippen MR) is 106 cm³/mol. The van der Waals surface area contributed by atoms with Gasteiger partial charge in [0.2, 0.25) is 5.95 Å². The van der Waals surface area contributed by atoms with Crippen molar-refractivity contribution in [2.75, 3.05) is 18.6 Å². The summed E-state index contributed by atoms with van der Waals surface area (Å²) in [5, 5.41) is 9.46. The van der Waals surface area contributed by atoms with Gasteiger partial charge in [0.25, 0.3) is 0 Å². The van der Waals surface area contributed by atoms with Crippen molar-refractivity contribution in [2.45, 2.75) is 6.61 Å². The fourth-order valence-corrected chi connectivity index (χ4v) is 2.90. The van der Waals surface area contributed by atoms with E-state index in [0.717, 1.165) is 15.8 Å². The highest BCUT2D eigenvalue weighted by molar-refractivity contribution is 9.10. The Kier molecular flexibility index (Phi) is 5.43. The van der Waals surface area contributed by atoms with Crippen LogP contribution in [-0.2, 0) is 6.61 Å². The van der Waals surface area contributed by atoms with Gasteiger partial charge in [-0.2, -0.15) is 10.2 Å². The van der Waals surface area contributed by atoms with Crippen LogP contribution in [-0.4, -0.2) is 17.1 Å². The summed E-state index contributed by atoms with van der Waals surface area (Å²) in [5.41, 5.74) is 13.6. The minimum absolute atomic E-state index is 0.0137. The first kappa shape index (κ1) is 18.5. The second-order valence-corrected chi connectivity index (χ2v) is 6.50. The summed E-state index contributed by atoms with van der Waals surface area (Å²) in [5.74, 6) is 1.30. The monoisotopic (exact) mass is 425 g/mol. The van der Waals surface area contributed by atoms with Gasteiger partial charge in [0.05, 0.1) is 12.8 Å². The van der Waals surface area contributed by atoms with E-state index in [0.29, 0.717) is 23.6 Å². The standard InChI is InChI=1S/C19H16BrN5O2/c1-26-13-4-2-3-11(7-13)10-27-16-6-5-12(20)8-14(16)17-15(9-21)18(22)25-19(23)24-17/h2-8H,10H2,1H3,(H4,22,23,24,25). The van der Waals surface area contributed by atoms with E-state index in [9.17, 15) is 5.26 Å². The van der Waals surface area contributed by atoms with Crippen molar-refractivity contribution >= 4 is 27.7 Å². The molecular weight excluding hydrogens is 410 g/mol. The van der Waals surface area contributed by atoms with Crippen molar-refractivity contribution in [3.63, 3.8) is 0 Å². The fourth-order valence-electron chi connectivity index (χ4n) is 2.54. The van der Waals surface area contributed by atoms with Crippen LogP contribution < -0.4 is 20.9 Å². The summed E-state index contributed by atoms with van der Waals surface area (Å²) in [6.07, 6.45) is 0. The van der Waals surface area contributed by atoms with Crippen LogP contribution >= 0.6 is 15.9 Å². The Hall–Kier alpha value is -3.31. The lowest BCUT2D eigenvalue weighted by molar-refractivity contribution is 0.306. The molecule has 0 saturated carbocycles. The quantitative estimate of drug-likeness (QED) is 0.640. The molecule has 0 aliphatic rings. The highest BCUT2D eigenvalue weighted by Crippen LogP contribution is 2.35. The number of hydrogen-bond donors (Lipinski definition) is 2. The lowest BCUT2D eigenvalue weighted by Gasteiger charge is -2.14. The summed E-state index contributed by atoms with van der Waals surface area (Å²) in [7, 11) is 1.61.